The summed E-state index contributed by atoms with van der Waals surface area (Å²) in [6.07, 6.45) is 0. The second kappa shape index (κ2) is 6.62. The molecular weight excluding hydrogens is 382 g/mol. The minimum Gasteiger partial charge on any atom is -0.505 e. The number of hydrogen-bond acceptors (Lipinski definition) is 5. The first-order valence-corrected chi connectivity index (χ1v) is 8.58. The number of fused-ring (bicyclic) bond motifs is 1. The van der Waals surface area contributed by atoms with E-state index in [9.17, 15) is 19.1 Å². The second-order valence-electron chi connectivity index (χ2n) is 6.49. The van der Waals surface area contributed by atoms with Crippen LogP contribution in [0, 0.1) is 25.5 Å². The molecule has 9 heteroatoms. The van der Waals surface area contributed by atoms with Crippen LogP contribution in [0.4, 0.5) is 8.78 Å². The van der Waals surface area contributed by atoms with Crippen molar-refractivity contribution in [1.82, 2.24) is 9.72 Å². The fraction of sp³-hybridized carbons (Fsp3) is 0.100. The van der Waals surface area contributed by atoms with Gasteiger partial charge >= 0.3 is 0 Å². The van der Waals surface area contributed by atoms with Gasteiger partial charge in [-0.25, -0.2) is 4.39 Å². The molecule has 0 radical (unpaired) electrons. The summed E-state index contributed by atoms with van der Waals surface area (Å²) in [6, 6.07) is 9.21. The number of aromatic hydroxyl groups is 1. The molecule has 0 saturated carbocycles. The summed E-state index contributed by atoms with van der Waals surface area (Å²) >= 11 is 0. The number of aromatic nitrogens is 2. The summed E-state index contributed by atoms with van der Waals surface area (Å²) in [7, 11) is 0. The zero-order chi connectivity index (χ0) is 20.9. The highest BCUT2D eigenvalue weighted by molar-refractivity contribution is 6.10. The van der Waals surface area contributed by atoms with E-state index in [0.29, 0.717) is 33.6 Å². The van der Waals surface area contributed by atoms with Crippen LogP contribution in [0.3, 0.4) is 0 Å². The lowest BCUT2D eigenvalue weighted by molar-refractivity contribution is 0.316. The molecule has 0 atom stereocenters. The number of aryl methyl sites for hydroxylation is 2. The normalized spacial score (nSPS) is 12.1. The Labute approximate surface area is 163 Å². The van der Waals surface area contributed by atoms with Crippen molar-refractivity contribution in [3.05, 3.63) is 59.5 Å². The van der Waals surface area contributed by atoms with E-state index in [0.717, 1.165) is 6.07 Å². The van der Waals surface area contributed by atoms with Gasteiger partial charge in [-0.15, -0.1) is 0 Å². The first kappa shape index (κ1) is 18.5. The first-order valence-electron chi connectivity index (χ1n) is 8.58. The van der Waals surface area contributed by atoms with Crippen molar-refractivity contribution in [2.45, 2.75) is 13.8 Å². The van der Waals surface area contributed by atoms with Gasteiger partial charge in [0.15, 0.2) is 11.6 Å². The summed E-state index contributed by atoms with van der Waals surface area (Å²) in [5.41, 5.74) is 7.95. The molecule has 29 heavy (non-hydrogen) atoms. The SMILES string of the molecule is Cc1noc(C)c1-c1c(-c2ccc(O)c(F)c2F)c2ccccc2n1C(N)=NO. The van der Waals surface area contributed by atoms with Gasteiger partial charge in [-0.3, -0.25) is 4.57 Å². The molecule has 4 rings (SSSR count). The molecule has 0 spiro atoms. The van der Waals surface area contributed by atoms with Crippen molar-refractivity contribution in [3.63, 3.8) is 0 Å². The highest BCUT2D eigenvalue weighted by Gasteiger charge is 2.29. The number of halogens is 2. The van der Waals surface area contributed by atoms with Crippen molar-refractivity contribution in [2.75, 3.05) is 0 Å². The molecule has 0 bridgehead atoms. The fourth-order valence-corrected chi connectivity index (χ4v) is 3.59. The van der Waals surface area contributed by atoms with E-state index in [1.165, 1.54) is 10.6 Å². The fourth-order valence-electron chi connectivity index (χ4n) is 3.59. The number of benzene rings is 2. The Balaban J connectivity index is 2.27. The third-order valence-corrected chi connectivity index (χ3v) is 4.81. The molecule has 7 nitrogen and oxygen atoms in total. The van der Waals surface area contributed by atoms with Gasteiger partial charge in [0.2, 0.25) is 11.8 Å². The summed E-state index contributed by atoms with van der Waals surface area (Å²) in [5, 5.41) is 26.5. The van der Waals surface area contributed by atoms with Gasteiger partial charge in [0, 0.05) is 16.5 Å². The van der Waals surface area contributed by atoms with Crippen LogP contribution in [0.2, 0.25) is 0 Å². The van der Waals surface area contributed by atoms with Crippen LogP contribution in [-0.4, -0.2) is 26.0 Å². The van der Waals surface area contributed by atoms with Crippen molar-refractivity contribution in [2.24, 2.45) is 10.9 Å². The number of phenolic OH excluding ortho intramolecular Hbond substituents is 1. The smallest absolute Gasteiger partial charge is 0.242 e. The number of oxime groups is 1. The van der Waals surface area contributed by atoms with Crippen LogP contribution in [0.25, 0.3) is 33.3 Å². The second-order valence-corrected chi connectivity index (χ2v) is 6.49. The molecule has 0 saturated heterocycles. The predicted molar refractivity (Wildman–Crippen MR) is 103 cm³/mol. The van der Waals surface area contributed by atoms with Crippen LogP contribution in [0.1, 0.15) is 11.5 Å². The molecule has 2 heterocycles. The highest BCUT2D eigenvalue weighted by atomic mass is 19.2. The molecule has 0 aliphatic carbocycles. The minimum absolute atomic E-state index is 0.101. The zero-order valence-corrected chi connectivity index (χ0v) is 15.4. The summed E-state index contributed by atoms with van der Waals surface area (Å²) in [6.45, 7) is 3.36. The van der Waals surface area contributed by atoms with E-state index < -0.39 is 17.4 Å². The first-order chi connectivity index (χ1) is 13.9. The maximum absolute atomic E-state index is 14.9. The van der Waals surface area contributed by atoms with Crippen LogP contribution in [0.5, 0.6) is 5.75 Å². The third-order valence-electron chi connectivity index (χ3n) is 4.81. The van der Waals surface area contributed by atoms with Gasteiger partial charge in [-0.2, -0.15) is 4.39 Å². The number of nitrogens with zero attached hydrogens (tertiary/aromatic N) is 3. The number of phenols is 1. The third kappa shape index (κ3) is 2.62. The molecule has 2 aromatic carbocycles. The van der Waals surface area contributed by atoms with E-state index in [4.69, 9.17) is 10.3 Å². The van der Waals surface area contributed by atoms with Crippen molar-refractivity contribution < 1.29 is 23.6 Å². The monoisotopic (exact) mass is 398 g/mol. The Kier molecular flexibility index (Phi) is 4.22. The lowest BCUT2D eigenvalue weighted by Gasteiger charge is -2.12. The maximum Gasteiger partial charge on any atom is 0.242 e. The van der Waals surface area contributed by atoms with Crippen LogP contribution < -0.4 is 5.73 Å². The van der Waals surface area contributed by atoms with Crippen molar-refractivity contribution in [3.8, 4) is 28.1 Å². The molecule has 0 aliphatic rings. The number of para-hydroxylation sites is 1. The largest absolute Gasteiger partial charge is 0.505 e. The van der Waals surface area contributed by atoms with Crippen LogP contribution >= 0.6 is 0 Å². The number of nitrogens with two attached hydrogens (primary N) is 1. The van der Waals surface area contributed by atoms with Crippen LogP contribution in [0.15, 0.2) is 46.1 Å². The average molecular weight is 398 g/mol. The zero-order valence-electron chi connectivity index (χ0n) is 15.4. The molecule has 4 N–H and O–H groups in total. The molecule has 0 unspecified atom stereocenters. The van der Waals surface area contributed by atoms with Gasteiger partial charge in [-0.1, -0.05) is 28.5 Å². The highest BCUT2D eigenvalue weighted by Crippen LogP contribution is 2.44. The molecular formula is C20H16F2N4O3. The summed E-state index contributed by atoms with van der Waals surface area (Å²) in [4.78, 5) is 0. The molecule has 4 aromatic rings. The Hall–Kier alpha value is -3.88. The standard InChI is InChI=1S/C20H16F2N4O3/c1-9-15(10(2)29-25-9)19-16(12-7-8-14(27)18(22)17(12)21)11-5-3-4-6-13(11)26(19)20(23)24-28/h3-8,27-28H,1-2H3,(H2,23,24). The van der Waals surface area contributed by atoms with Gasteiger partial charge < -0.3 is 20.6 Å². The Morgan fingerprint density at radius 2 is 1.83 bits per heavy atom. The number of hydrogen-bond donors (Lipinski definition) is 3. The minimum atomic E-state index is -1.37. The molecule has 0 aliphatic heterocycles. The summed E-state index contributed by atoms with van der Waals surface area (Å²) < 4.78 is 35.8. The molecule has 0 fully saturated rings. The molecule has 148 valence electrons. The topological polar surface area (TPSA) is 110 Å². The maximum atomic E-state index is 14.9. The van der Waals surface area contributed by atoms with E-state index in [1.54, 1.807) is 38.1 Å². The lowest BCUT2D eigenvalue weighted by atomic mass is 9.97. The van der Waals surface area contributed by atoms with E-state index in [-0.39, 0.29) is 17.1 Å². The Morgan fingerprint density at radius 1 is 1.10 bits per heavy atom. The van der Waals surface area contributed by atoms with Crippen LogP contribution in [-0.2, 0) is 0 Å². The van der Waals surface area contributed by atoms with Crippen molar-refractivity contribution >= 4 is 16.9 Å². The molecule has 2 aromatic heterocycles. The molecule has 0 amide bonds. The van der Waals surface area contributed by atoms with E-state index in [1.807, 2.05) is 0 Å². The van der Waals surface area contributed by atoms with E-state index in [2.05, 4.69) is 10.3 Å². The van der Waals surface area contributed by atoms with Gasteiger partial charge in [0.25, 0.3) is 0 Å². The van der Waals surface area contributed by atoms with Gasteiger partial charge in [0.05, 0.1) is 22.5 Å². The quantitative estimate of drug-likeness (QED) is 0.204. The lowest BCUT2D eigenvalue weighted by Crippen LogP contribution is -2.23. The predicted octanol–water partition coefficient (Wildman–Crippen LogP) is 4.12. The Bertz CT molecular complexity index is 1270. The average Bonchev–Trinajstić information content (AvgIpc) is 3.22. The number of rotatable bonds is 2. The van der Waals surface area contributed by atoms with Crippen molar-refractivity contribution in [1.29, 1.82) is 0 Å². The van der Waals surface area contributed by atoms with E-state index >= 15 is 0 Å². The van der Waals surface area contributed by atoms with Gasteiger partial charge in [0.1, 0.15) is 5.76 Å². The summed E-state index contributed by atoms with van der Waals surface area (Å²) in [5.74, 6) is -3.25. The van der Waals surface area contributed by atoms with Gasteiger partial charge in [-0.05, 0) is 32.0 Å². The Morgan fingerprint density at radius 3 is 2.48 bits per heavy atom.